The number of rotatable bonds is 10. The number of carbonyl (C=O) groups excluding carboxylic acids is 1. The van der Waals surface area contributed by atoms with Gasteiger partial charge in [-0.1, -0.05) is 51.5 Å². The molecule has 2 N–H and O–H groups in total. The highest BCUT2D eigenvalue weighted by Gasteiger charge is 2.29. The van der Waals surface area contributed by atoms with Gasteiger partial charge in [-0.3, -0.25) is 14.5 Å². The monoisotopic (exact) mass is 471 g/mol. The van der Waals surface area contributed by atoms with Gasteiger partial charge in [-0.05, 0) is 48.1 Å². The van der Waals surface area contributed by atoms with E-state index in [9.17, 15) is 13.2 Å². The van der Waals surface area contributed by atoms with Gasteiger partial charge in [0, 0.05) is 18.5 Å². The molecule has 8 heteroatoms. The van der Waals surface area contributed by atoms with Gasteiger partial charge in [-0.2, -0.15) is 0 Å². The lowest BCUT2D eigenvalue weighted by Crippen LogP contribution is -2.27. The maximum atomic E-state index is 12.1. The maximum Gasteiger partial charge on any atom is 0.263 e. The van der Waals surface area contributed by atoms with Crippen LogP contribution >= 0.6 is 0 Å². The number of unbranched alkanes of at least 4 members (excludes halogenated alkanes) is 2. The van der Waals surface area contributed by atoms with Gasteiger partial charge in [0.25, 0.3) is 10.0 Å². The highest BCUT2D eigenvalue weighted by atomic mass is 32.2. The number of amidine groups is 1. The Morgan fingerprint density at radius 1 is 1.03 bits per heavy atom. The smallest absolute Gasteiger partial charge is 0.263 e. The van der Waals surface area contributed by atoms with Crippen LogP contribution < -0.4 is 14.8 Å². The molecule has 0 radical (unpaired) electrons. The molecule has 33 heavy (non-hydrogen) atoms. The summed E-state index contributed by atoms with van der Waals surface area (Å²) in [7, 11) is -3.49. The minimum atomic E-state index is -3.49. The summed E-state index contributed by atoms with van der Waals surface area (Å²) in [5, 5.41) is 2.88. The van der Waals surface area contributed by atoms with E-state index < -0.39 is 10.0 Å². The second kappa shape index (κ2) is 10.8. The molecule has 3 rings (SSSR count). The number of amides is 1. The molecule has 178 valence electrons. The first-order valence-corrected chi connectivity index (χ1v) is 12.8. The Morgan fingerprint density at radius 2 is 1.76 bits per heavy atom. The maximum absolute atomic E-state index is 12.1. The number of nitrogens with one attached hydrogen (secondary N) is 2. The van der Waals surface area contributed by atoms with Crippen molar-refractivity contribution in [2.45, 2.75) is 56.8 Å². The van der Waals surface area contributed by atoms with Crippen LogP contribution in [0, 0.1) is 0 Å². The van der Waals surface area contributed by atoms with E-state index in [0.29, 0.717) is 37.5 Å². The van der Waals surface area contributed by atoms with E-state index in [1.807, 2.05) is 12.1 Å². The summed E-state index contributed by atoms with van der Waals surface area (Å²) in [5.41, 5.74) is 1.98. The van der Waals surface area contributed by atoms with Crippen molar-refractivity contribution in [3.05, 3.63) is 59.7 Å². The van der Waals surface area contributed by atoms with Gasteiger partial charge in [-0.15, -0.1) is 0 Å². The lowest BCUT2D eigenvalue weighted by atomic mass is 9.87. The summed E-state index contributed by atoms with van der Waals surface area (Å²) >= 11 is 0. The normalized spacial score (nSPS) is 15.7. The second-order valence-electron chi connectivity index (χ2n) is 9.12. The highest BCUT2D eigenvalue weighted by Crippen LogP contribution is 2.24. The van der Waals surface area contributed by atoms with Crippen molar-refractivity contribution in [3.8, 4) is 5.75 Å². The summed E-state index contributed by atoms with van der Waals surface area (Å²) in [6, 6.07) is 14.9. The average Bonchev–Trinajstić information content (AvgIpc) is 3.04. The molecule has 2 aromatic carbocycles. The number of hydrogen-bond donors (Lipinski definition) is 2. The molecule has 0 aromatic heterocycles. The number of sulfonamides is 1. The molecule has 7 nitrogen and oxygen atoms in total. The SMILES string of the molecule is CC(C)(C)c1ccc(OCCNC(=O)CCCCCN=C2NS(=O)(=O)c3ccccc32)cc1. The Kier molecular flexibility index (Phi) is 8.13. The van der Waals surface area contributed by atoms with E-state index in [1.54, 1.807) is 24.3 Å². The topological polar surface area (TPSA) is 96.9 Å². The first-order valence-electron chi connectivity index (χ1n) is 11.3. The number of fused-ring (bicyclic) bond motifs is 1. The van der Waals surface area contributed by atoms with Gasteiger partial charge >= 0.3 is 0 Å². The molecular weight excluding hydrogens is 438 g/mol. The van der Waals surface area contributed by atoms with Gasteiger partial charge in [0.2, 0.25) is 5.91 Å². The molecule has 0 saturated heterocycles. The van der Waals surface area contributed by atoms with E-state index in [1.165, 1.54) is 5.56 Å². The summed E-state index contributed by atoms with van der Waals surface area (Å²) in [6.07, 6.45) is 2.84. The molecule has 1 amide bonds. The van der Waals surface area contributed by atoms with Crippen LogP contribution in [0.3, 0.4) is 0 Å². The fraction of sp³-hybridized carbons (Fsp3) is 0.440. The fourth-order valence-corrected chi connectivity index (χ4v) is 4.77. The number of benzene rings is 2. The third-order valence-electron chi connectivity index (χ3n) is 5.41. The summed E-state index contributed by atoms with van der Waals surface area (Å²) in [5.74, 6) is 1.20. The lowest BCUT2D eigenvalue weighted by molar-refractivity contribution is -0.121. The van der Waals surface area contributed by atoms with Crippen molar-refractivity contribution in [2.24, 2.45) is 4.99 Å². The number of aliphatic imine (C=N–C) groups is 1. The van der Waals surface area contributed by atoms with Crippen LogP contribution in [0.5, 0.6) is 5.75 Å². The highest BCUT2D eigenvalue weighted by molar-refractivity contribution is 7.90. The largest absolute Gasteiger partial charge is 0.492 e. The summed E-state index contributed by atoms with van der Waals surface area (Å²) in [4.78, 5) is 16.7. The number of carbonyl (C=O) groups is 1. The zero-order valence-electron chi connectivity index (χ0n) is 19.6. The molecule has 0 aliphatic carbocycles. The predicted octanol–water partition coefficient (Wildman–Crippen LogP) is 3.78. The van der Waals surface area contributed by atoms with Crippen molar-refractivity contribution in [2.75, 3.05) is 19.7 Å². The zero-order valence-corrected chi connectivity index (χ0v) is 20.4. The van der Waals surface area contributed by atoms with Crippen LogP contribution in [-0.2, 0) is 20.2 Å². The van der Waals surface area contributed by atoms with E-state index >= 15 is 0 Å². The minimum absolute atomic E-state index is 0.00507. The molecule has 0 atom stereocenters. The molecule has 0 spiro atoms. The molecule has 1 aliphatic heterocycles. The second-order valence-corrected chi connectivity index (χ2v) is 10.8. The van der Waals surface area contributed by atoms with Gasteiger partial charge < -0.3 is 10.1 Å². The van der Waals surface area contributed by atoms with Crippen LogP contribution in [0.1, 0.15) is 57.6 Å². The fourth-order valence-electron chi connectivity index (χ4n) is 3.52. The van der Waals surface area contributed by atoms with Gasteiger partial charge in [-0.25, -0.2) is 8.42 Å². The summed E-state index contributed by atoms with van der Waals surface area (Å²) in [6.45, 7) is 7.91. The molecule has 1 heterocycles. The third-order valence-corrected chi connectivity index (χ3v) is 6.81. The minimum Gasteiger partial charge on any atom is -0.492 e. The zero-order chi connectivity index (χ0) is 23.9. The van der Waals surface area contributed by atoms with E-state index in [-0.39, 0.29) is 16.2 Å². The van der Waals surface area contributed by atoms with Gasteiger partial charge in [0.05, 0.1) is 11.4 Å². The van der Waals surface area contributed by atoms with Crippen molar-refractivity contribution >= 4 is 21.8 Å². The Hall–Kier alpha value is -2.87. The number of hydrogen-bond acceptors (Lipinski definition) is 5. The van der Waals surface area contributed by atoms with Crippen molar-refractivity contribution < 1.29 is 17.9 Å². The van der Waals surface area contributed by atoms with Crippen LogP contribution in [0.4, 0.5) is 0 Å². The molecular formula is C25H33N3O4S. The van der Waals surface area contributed by atoms with Crippen molar-refractivity contribution in [1.82, 2.24) is 10.0 Å². The quantitative estimate of drug-likeness (QED) is 0.516. The number of ether oxygens (including phenoxy) is 1. The molecule has 0 unspecified atom stereocenters. The molecule has 0 bridgehead atoms. The first kappa shape index (κ1) is 24.8. The Bertz CT molecular complexity index is 1090. The third kappa shape index (κ3) is 7.05. The van der Waals surface area contributed by atoms with Crippen LogP contribution in [-0.4, -0.2) is 39.9 Å². The molecule has 2 aromatic rings. The predicted molar refractivity (Wildman–Crippen MR) is 130 cm³/mol. The van der Waals surface area contributed by atoms with Crippen molar-refractivity contribution in [1.29, 1.82) is 0 Å². The Labute approximate surface area is 196 Å². The Morgan fingerprint density at radius 3 is 2.48 bits per heavy atom. The van der Waals surface area contributed by atoms with E-state index in [0.717, 1.165) is 25.0 Å². The van der Waals surface area contributed by atoms with Crippen LogP contribution in [0.25, 0.3) is 0 Å². The van der Waals surface area contributed by atoms with Crippen LogP contribution in [0.2, 0.25) is 0 Å². The van der Waals surface area contributed by atoms with Crippen LogP contribution in [0.15, 0.2) is 58.4 Å². The number of nitrogens with zero attached hydrogens (tertiary/aromatic N) is 1. The summed E-state index contributed by atoms with van der Waals surface area (Å²) < 4.78 is 32.3. The lowest BCUT2D eigenvalue weighted by Gasteiger charge is -2.19. The Balaban J connectivity index is 1.28. The van der Waals surface area contributed by atoms with Crippen molar-refractivity contribution in [3.63, 3.8) is 0 Å². The standard InChI is InChI=1S/C25H33N3O4S/c1-25(2,3)19-12-14-20(15-13-19)32-18-17-26-23(29)11-5-4-8-16-27-24-21-9-6-7-10-22(21)33(30,31)28-24/h6-7,9-10,12-15H,4-5,8,11,16-18H2,1-3H3,(H,26,29)(H,27,28). The first-order chi connectivity index (χ1) is 15.7. The molecule has 1 aliphatic rings. The van der Waals surface area contributed by atoms with Gasteiger partial charge in [0.15, 0.2) is 0 Å². The molecule has 0 fully saturated rings. The van der Waals surface area contributed by atoms with E-state index in [4.69, 9.17) is 4.74 Å². The van der Waals surface area contributed by atoms with Gasteiger partial charge in [0.1, 0.15) is 18.2 Å². The average molecular weight is 472 g/mol. The van der Waals surface area contributed by atoms with E-state index in [2.05, 4.69) is 47.9 Å². The molecule has 0 saturated carbocycles.